The van der Waals surface area contributed by atoms with Gasteiger partial charge in [0.25, 0.3) is 0 Å². The highest BCUT2D eigenvalue weighted by atomic mass is 16.4. The summed E-state index contributed by atoms with van der Waals surface area (Å²) in [7, 11) is 0. The highest BCUT2D eigenvalue weighted by Gasteiger charge is 2.13. The van der Waals surface area contributed by atoms with Crippen molar-refractivity contribution in [2.45, 2.75) is 6.92 Å². The molecule has 3 rings (SSSR count). The zero-order valence-corrected chi connectivity index (χ0v) is 9.03. The zero-order chi connectivity index (χ0) is 12.2. The van der Waals surface area contributed by atoms with Gasteiger partial charge in [-0.15, -0.1) is 0 Å². The molecular weight excluding hydrogens is 220 g/mol. The Morgan fingerprint density at radius 2 is 2.18 bits per heavy atom. The Hall–Kier alpha value is -2.50. The summed E-state index contributed by atoms with van der Waals surface area (Å²) in [5.41, 5.74) is 8.65. The van der Waals surface area contributed by atoms with E-state index in [1.165, 1.54) is 0 Å². The second kappa shape index (κ2) is 3.00. The number of benzene rings is 1. The van der Waals surface area contributed by atoms with E-state index in [9.17, 15) is 4.79 Å². The largest absolute Gasteiger partial charge is 0.477 e. The summed E-state index contributed by atoms with van der Waals surface area (Å²) in [5, 5.41) is 9.67. The smallest absolute Gasteiger partial charge is 0.352 e. The second-order valence-electron chi connectivity index (χ2n) is 3.96. The summed E-state index contributed by atoms with van der Waals surface area (Å²) in [6, 6.07) is 3.40. The van der Waals surface area contributed by atoms with Crippen LogP contribution >= 0.6 is 0 Å². The third-order valence-electron chi connectivity index (χ3n) is 2.75. The number of nitrogen functional groups attached to an aromatic ring is 1. The predicted octanol–water partition coefficient (Wildman–Crippen LogP) is 1.63. The molecule has 0 saturated heterocycles. The quantitative estimate of drug-likeness (QED) is 0.476. The number of carbonyl (C=O) groups is 1. The number of aryl methyl sites for hydroxylation is 1. The lowest BCUT2D eigenvalue weighted by molar-refractivity contribution is 0.0691. The van der Waals surface area contributed by atoms with Crippen LogP contribution in [0, 0.1) is 6.92 Å². The van der Waals surface area contributed by atoms with Crippen LogP contribution in [0.2, 0.25) is 0 Å². The predicted molar refractivity (Wildman–Crippen MR) is 64.1 cm³/mol. The van der Waals surface area contributed by atoms with Crippen LogP contribution < -0.4 is 5.73 Å². The molecular formula is C11H10N4O2. The Morgan fingerprint density at radius 3 is 2.88 bits per heavy atom. The van der Waals surface area contributed by atoms with Gasteiger partial charge in [-0.1, -0.05) is 0 Å². The van der Waals surface area contributed by atoms with Crippen molar-refractivity contribution >= 4 is 33.6 Å². The zero-order valence-electron chi connectivity index (χ0n) is 9.03. The van der Waals surface area contributed by atoms with E-state index in [1.807, 2.05) is 13.0 Å². The SMILES string of the molecule is Cc1nc2c(N)c3[nH]c(C(=O)O)cc3cc2[nH]1. The summed E-state index contributed by atoms with van der Waals surface area (Å²) in [6.07, 6.45) is 0. The average Bonchev–Trinajstić information content (AvgIpc) is 2.81. The minimum Gasteiger partial charge on any atom is -0.477 e. The first-order valence-corrected chi connectivity index (χ1v) is 5.07. The Balaban J connectivity index is 2.44. The van der Waals surface area contributed by atoms with Crippen molar-refractivity contribution in [2.24, 2.45) is 0 Å². The van der Waals surface area contributed by atoms with Gasteiger partial charge in [0.1, 0.15) is 17.0 Å². The van der Waals surface area contributed by atoms with Gasteiger partial charge in [-0.25, -0.2) is 9.78 Å². The number of nitrogens with one attached hydrogen (secondary N) is 2. The van der Waals surface area contributed by atoms with Crippen LogP contribution in [0.5, 0.6) is 0 Å². The molecule has 86 valence electrons. The molecule has 3 aromatic rings. The van der Waals surface area contributed by atoms with Crippen molar-refractivity contribution in [2.75, 3.05) is 5.73 Å². The number of H-pyrrole nitrogens is 2. The lowest BCUT2D eigenvalue weighted by Gasteiger charge is -1.97. The summed E-state index contributed by atoms with van der Waals surface area (Å²) in [5.74, 6) is -0.230. The van der Waals surface area contributed by atoms with Gasteiger partial charge in [0.2, 0.25) is 0 Å². The molecule has 0 spiro atoms. The molecule has 2 heterocycles. The van der Waals surface area contributed by atoms with Crippen molar-refractivity contribution in [1.29, 1.82) is 0 Å². The first-order chi connectivity index (χ1) is 8.06. The van der Waals surface area contributed by atoms with Crippen molar-refractivity contribution in [1.82, 2.24) is 15.0 Å². The van der Waals surface area contributed by atoms with Gasteiger partial charge in [0.15, 0.2) is 0 Å². The monoisotopic (exact) mass is 230 g/mol. The Labute approximate surface area is 95.5 Å². The molecule has 0 unspecified atom stereocenters. The topological polar surface area (TPSA) is 108 Å². The van der Waals surface area contributed by atoms with Crippen molar-refractivity contribution in [3.8, 4) is 0 Å². The van der Waals surface area contributed by atoms with Crippen LogP contribution in [0.4, 0.5) is 5.69 Å². The molecule has 5 N–H and O–H groups in total. The summed E-state index contributed by atoms with van der Waals surface area (Å²) in [4.78, 5) is 21.0. The van der Waals surface area contributed by atoms with E-state index in [1.54, 1.807) is 6.07 Å². The fourth-order valence-corrected chi connectivity index (χ4v) is 2.02. The molecule has 0 fully saturated rings. The molecule has 6 nitrogen and oxygen atoms in total. The first-order valence-electron chi connectivity index (χ1n) is 5.07. The lowest BCUT2D eigenvalue weighted by Crippen LogP contribution is -1.95. The minimum absolute atomic E-state index is 0.121. The van der Waals surface area contributed by atoms with E-state index >= 15 is 0 Å². The van der Waals surface area contributed by atoms with E-state index in [4.69, 9.17) is 10.8 Å². The maximum atomic E-state index is 10.9. The van der Waals surface area contributed by atoms with E-state index in [0.717, 1.165) is 16.7 Å². The molecule has 0 atom stereocenters. The number of hydrogen-bond acceptors (Lipinski definition) is 3. The molecule has 0 radical (unpaired) electrons. The number of aromatic amines is 2. The van der Waals surface area contributed by atoms with Gasteiger partial charge in [-0.2, -0.15) is 0 Å². The number of rotatable bonds is 1. The normalized spacial score (nSPS) is 11.4. The van der Waals surface area contributed by atoms with Gasteiger partial charge < -0.3 is 20.8 Å². The van der Waals surface area contributed by atoms with Crippen LogP contribution in [-0.4, -0.2) is 26.0 Å². The van der Waals surface area contributed by atoms with E-state index in [0.29, 0.717) is 16.7 Å². The Morgan fingerprint density at radius 1 is 1.41 bits per heavy atom. The molecule has 0 aliphatic heterocycles. The molecule has 0 aliphatic rings. The summed E-state index contributed by atoms with van der Waals surface area (Å²) < 4.78 is 0. The number of hydrogen-bond donors (Lipinski definition) is 4. The van der Waals surface area contributed by atoms with E-state index in [-0.39, 0.29) is 5.69 Å². The number of carboxylic acid groups (broad SMARTS) is 1. The number of anilines is 1. The summed E-state index contributed by atoms with van der Waals surface area (Å²) >= 11 is 0. The van der Waals surface area contributed by atoms with Gasteiger partial charge >= 0.3 is 5.97 Å². The second-order valence-corrected chi connectivity index (χ2v) is 3.96. The van der Waals surface area contributed by atoms with E-state index in [2.05, 4.69) is 15.0 Å². The molecule has 0 aliphatic carbocycles. The fourth-order valence-electron chi connectivity index (χ4n) is 2.02. The maximum absolute atomic E-state index is 10.9. The van der Waals surface area contributed by atoms with Crippen molar-refractivity contribution in [3.05, 3.63) is 23.7 Å². The van der Waals surface area contributed by atoms with Crippen molar-refractivity contribution in [3.63, 3.8) is 0 Å². The van der Waals surface area contributed by atoms with Crippen molar-refractivity contribution < 1.29 is 9.90 Å². The molecule has 0 saturated carbocycles. The van der Waals surface area contributed by atoms with Crippen LogP contribution in [0.25, 0.3) is 21.9 Å². The highest BCUT2D eigenvalue weighted by Crippen LogP contribution is 2.29. The third kappa shape index (κ3) is 1.27. The summed E-state index contributed by atoms with van der Waals surface area (Å²) in [6.45, 7) is 1.84. The molecule has 6 heteroatoms. The number of fused-ring (bicyclic) bond motifs is 2. The number of imidazole rings is 1. The number of carboxylic acids is 1. The van der Waals surface area contributed by atoms with Crippen LogP contribution in [0.15, 0.2) is 12.1 Å². The molecule has 0 bridgehead atoms. The van der Waals surface area contributed by atoms with Gasteiger partial charge in [-0.05, 0) is 19.1 Å². The minimum atomic E-state index is -1.01. The number of nitrogens with zero attached hydrogens (tertiary/aromatic N) is 1. The Bertz CT molecular complexity index is 754. The standard InChI is InChI=1S/C11H10N4O2/c1-4-13-6-2-5-3-7(11(16)17)15-9(5)8(12)10(6)14-4/h2-3,15H,12H2,1H3,(H,13,14)(H,16,17). The van der Waals surface area contributed by atoms with Crippen LogP contribution in [-0.2, 0) is 0 Å². The fraction of sp³-hybridized carbons (Fsp3) is 0.0909. The molecule has 1 aromatic carbocycles. The van der Waals surface area contributed by atoms with Crippen LogP contribution in [0.3, 0.4) is 0 Å². The average molecular weight is 230 g/mol. The number of nitrogens with two attached hydrogens (primary N) is 1. The molecule has 0 amide bonds. The van der Waals surface area contributed by atoms with Crippen LogP contribution in [0.1, 0.15) is 16.3 Å². The molecule has 2 aromatic heterocycles. The Kier molecular flexibility index (Phi) is 1.72. The molecule has 17 heavy (non-hydrogen) atoms. The third-order valence-corrected chi connectivity index (χ3v) is 2.75. The van der Waals surface area contributed by atoms with E-state index < -0.39 is 5.97 Å². The van der Waals surface area contributed by atoms with Gasteiger partial charge in [0.05, 0.1) is 16.7 Å². The van der Waals surface area contributed by atoms with Gasteiger partial charge in [-0.3, -0.25) is 0 Å². The lowest BCUT2D eigenvalue weighted by atomic mass is 10.2. The maximum Gasteiger partial charge on any atom is 0.352 e. The highest BCUT2D eigenvalue weighted by molar-refractivity contribution is 6.08. The number of aromatic carboxylic acids is 1. The van der Waals surface area contributed by atoms with Gasteiger partial charge in [0, 0.05) is 5.39 Å². The first kappa shape index (κ1) is 9.71. The number of aromatic nitrogens is 3.